The quantitative estimate of drug-likeness (QED) is 0.854. The molecule has 5 nitrogen and oxygen atoms in total. The maximum atomic E-state index is 10.2. The molecule has 2 rings (SSSR count). The van der Waals surface area contributed by atoms with E-state index in [0.717, 1.165) is 23.0 Å². The highest BCUT2D eigenvalue weighted by Gasteiger charge is 2.45. The molecule has 1 aliphatic rings. The Labute approximate surface area is 111 Å². The van der Waals surface area contributed by atoms with E-state index in [1.807, 2.05) is 40.7 Å². The van der Waals surface area contributed by atoms with Crippen LogP contribution in [0.4, 0.5) is 0 Å². The fourth-order valence-corrected chi connectivity index (χ4v) is 2.74. The average Bonchev–Trinajstić information content (AvgIpc) is 2.73. The molecule has 1 aliphatic heterocycles. The number of hydrogen-bond donors (Lipinski definition) is 1. The van der Waals surface area contributed by atoms with Crippen LogP contribution in [0.15, 0.2) is 11.6 Å². The molecular formula is C12H19N3O2S. The summed E-state index contributed by atoms with van der Waals surface area (Å²) in [7, 11) is 0. The molecule has 0 amide bonds. The first-order chi connectivity index (χ1) is 8.25. The summed E-state index contributed by atoms with van der Waals surface area (Å²) in [6.07, 6.45) is 2.04. The van der Waals surface area contributed by atoms with Crippen molar-refractivity contribution in [3.8, 4) is 5.88 Å². The molecular weight excluding hydrogens is 250 g/mol. The van der Waals surface area contributed by atoms with E-state index in [2.05, 4.69) is 8.75 Å². The van der Waals surface area contributed by atoms with Crippen LogP contribution in [0.2, 0.25) is 0 Å². The molecule has 0 saturated carbocycles. The summed E-state index contributed by atoms with van der Waals surface area (Å²) in [5.74, 6) is 0.575. The third kappa shape index (κ3) is 2.15. The van der Waals surface area contributed by atoms with E-state index >= 15 is 0 Å². The van der Waals surface area contributed by atoms with Gasteiger partial charge in [-0.25, -0.2) is 0 Å². The van der Waals surface area contributed by atoms with E-state index in [1.165, 1.54) is 5.06 Å². The van der Waals surface area contributed by atoms with Crippen LogP contribution in [-0.4, -0.2) is 36.7 Å². The standard InChI is InChI=1S/C12H19N3O2S/c1-8-10(14-18-13-8)17-7-9-6-11(2,3)15(16)12(9,4)5/h6,16H,7H2,1-5H3. The van der Waals surface area contributed by atoms with Gasteiger partial charge in [-0.05, 0) is 40.2 Å². The van der Waals surface area contributed by atoms with Crippen LogP contribution in [0, 0.1) is 6.92 Å². The molecule has 100 valence electrons. The van der Waals surface area contributed by atoms with Gasteiger partial charge in [0.15, 0.2) is 0 Å². The summed E-state index contributed by atoms with van der Waals surface area (Å²) in [5.41, 5.74) is 1.04. The van der Waals surface area contributed by atoms with Gasteiger partial charge in [-0.1, -0.05) is 6.08 Å². The van der Waals surface area contributed by atoms with Crippen molar-refractivity contribution in [2.45, 2.75) is 45.7 Å². The average molecular weight is 269 g/mol. The Morgan fingerprint density at radius 1 is 1.33 bits per heavy atom. The predicted molar refractivity (Wildman–Crippen MR) is 70.0 cm³/mol. The lowest BCUT2D eigenvalue weighted by molar-refractivity contribution is -0.185. The highest BCUT2D eigenvalue weighted by atomic mass is 32.1. The van der Waals surface area contributed by atoms with Gasteiger partial charge in [-0.15, -0.1) is 4.37 Å². The van der Waals surface area contributed by atoms with Crippen LogP contribution < -0.4 is 4.74 Å². The number of aryl methyl sites for hydroxylation is 1. The van der Waals surface area contributed by atoms with Crippen molar-refractivity contribution in [2.75, 3.05) is 6.61 Å². The Morgan fingerprint density at radius 3 is 2.44 bits per heavy atom. The first-order valence-electron chi connectivity index (χ1n) is 5.88. The van der Waals surface area contributed by atoms with Crippen LogP contribution in [0.1, 0.15) is 33.4 Å². The number of hydroxylamine groups is 2. The SMILES string of the molecule is Cc1nsnc1OCC1=CC(C)(C)N(O)C1(C)C. The van der Waals surface area contributed by atoms with Crippen LogP contribution in [0.3, 0.4) is 0 Å². The topological polar surface area (TPSA) is 58.5 Å². The molecule has 2 heterocycles. The molecule has 1 N–H and O–H groups in total. The fourth-order valence-electron chi connectivity index (χ4n) is 2.24. The molecule has 0 saturated heterocycles. The lowest BCUT2D eigenvalue weighted by Crippen LogP contribution is -2.48. The molecule has 0 aromatic carbocycles. The summed E-state index contributed by atoms with van der Waals surface area (Å²) in [4.78, 5) is 0. The Balaban J connectivity index is 2.13. The lowest BCUT2D eigenvalue weighted by atomic mass is 9.97. The summed E-state index contributed by atoms with van der Waals surface area (Å²) < 4.78 is 13.8. The van der Waals surface area contributed by atoms with E-state index in [0.29, 0.717) is 12.5 Å². The first kappa shape index (κ1) is 13.5. The second-order valence-corrected chi connectivity index (χ2v) is 6.17. The molecule has 6 heteroatoms. The van der Waals surface area contributed by atoms with Gasteiger partial charge in [0, 0.05) is 0 Å². The first-order valence-corrected chi connectivity index (χ1v) is 6.61. The maximum Gasteiger partial charge on any atom is 0.249 e. The number of hydrogen-bond acceptors (Lipinski definition) is 6. The van der Waals surface area contributed by atoms with Crippen molar-refractivity contribution in [3.05, 3.63) is 17.3 Å². The van der Waals surface area contributed by atoms with Crippen molar-refractivity contribution in [1.29, 1.82) is 0 Å². The highest BCUT2D eigenvalue weighted by molar-refractivity contribution is 6.99. The minimum Gasteiger partial charge on any atom is -0.471 e. The highest BCUT2D eigenvalue weighted by Crippen LogP contribution is 2.38. The van der Waals surface area contributed by atoms with Gasteiger partial charge in [0.05, 0.1) is 22.8 Å². The third-order valence-corrected chi connectivity index (χ3v) is 3.97. The van der Waals surface area contributed by atoms with Crippen LogP contribution >= 0.6 is 11.7 Å². The third-order valence-electron chi connectivity index (χ3n) is 3.36. The molecule has 0 atom stereocenters. The van der Waals surface area contributed by atoms with Crippen molar-refractivity contribution in [3.63, 3.8) is 0 Å². The molecule has 18 heavy (non-hydrogen) atoms. The van der Waals surface area contributed by atoms with E-state index in [-0.39, 0.29) is 5.54 Å². The van der Waals surface area contributed by atoms with Crippen molar-refractivity contribution < 1.29 is 9.94 Å². The molecule has 0 spiro atoms. The molecule has 0 radical (unpaired) electrons. The predicted octanol–water partition coefficient (Wildman–Crippen LogP) is 2.41. The van der Waals surface area contributed by atoms with Gasteiger partial charge in [0.25, 0.3) is 0 Å². The van der Waals surface area contributed by atoms with Crippen molar-refractivity contribution in [2.24, 2.45) is 0 Å². The molecule has 1 aromatic rings. The van der Waals surface area contributed by atoms with Crippen molar-refractivity contribution >= 4 is 11.7 Å². The van der Waals surface area contributed by atoms with Gasteiger partial charge >= 0.3 is 0 Å². The van der Waals surface area contributed by atoms with E-state index in [9.17, 15) is 5.21 Å². The summed E-state index contributed by atoms with van der Waals surface area (Å²) >= 11 is 1.14. The van der Waals surface area contributed by atoms with E-state index < -0.39 is 5.54 Å². The molecule has 0 fully saturated rings. The summed E-state index contributed by atoms with van der Waals surface area (Å²) in [6, 6.07) is 0. The molecule has 1 aromatic heterocycles. The van der Waals surface area contributed by atoms with E-state index in [1.54, 1.807) is 0 Å². The number of rotatable bonds is 3. The Hall–Kier alpha value is -0.980. The number of nitrogens with zero attached hydrogens (tertiary/aromatic N) is 3. The Bertz CT molecular complexity index is 479. The summed E-state index contributed by atoms with van der Waals surface area (Å²) in [6.45, 7) is 10.2. The normalized spacial score (nSPS) is 22.0. The zero-order valence-corrected chi connectivity index (χ0v) is 12.2. The van der Waals surface area contributed by atoms with Crippen LogP contribution in [0.25, 0.3) is 0 Å². The maximum absolute atomic E-state index is 10.2. The summed E-state index contributed by atoms with van der Waals surface area (Å²) in [5, 5.41) is 11.5. The van der Waals surface area contributed by atoms with Crippen LogP contribution in [0.5, 0.6) is 5.88 Å². The smallest absolute Gasteiger partial charge is 0.249 e. The molecule has 0 aliphatic carbocycles. The fraction of sp³-hybridized carbons (Fsp3) is 0.667. The minimum atomic E-state index is -0.430. The van der Waals surface area contributed by atoms with Crippen molar-refractivity contribution in [1.82, 2.24) is 13.8 Å². The largest absolute Gasteiger partial charge is 0.471 e. The number of aromatic nitrogens is 2. The second kappa shape index (κ2) is 4.29. The molecule has 0 unspecified atom stereocenters. The lowest BCUT2D eigenvalue weighted by Gasteiger charge is -2.36. The second-order valence-electron chi connectivity index (χ2n) is 5.64. The van der Waals surface area contributed by atoms with Gasteiger partial charge < -0.3 is 9.94 Å². The van der Waals surface area contributed by atoms with Gasteiger partial charge in [-0.2, -0.15) is 9.44 Å². The molecule has 0 bridgehead atoms. The van der Waals surface area contributed by atoms with Crippen LogP contribution in [-0.2, 0) is 0 Å². The van der Waals surface area contributed by atoms with Gasteiger partial charge in [-0.3, -0.25) is 0 Å². The Morgan fingerprint density at radius 2 is 2.00 bits per heavy atom. The zero-order chi connectivity index (χ0) is 13.6. The Kier molecular flexibility index (Phi) is 3.21. The number of ether oxygens (including phenoxy) is 1. The van der Waals surface area contributed by atoms with Gasteiger partial charge in [0.1, 0.15) is 12.3 Å². The van der Waals surface area contributed by atoms with Gasteiger partial charge in [0.2, 0.25) is 5.88 Å². The zero-order valence-electron chi connectivity index (χ0n) is 11.4. The monoisotopic (exact) mass is 269 g/mol. The van der Waals surface area contributed by atoms with E-state index in [4.69, 9.17) is 4.74 Å². The minimum absolute atomic E-state index is 0.377.